The molecule has 0 saturated carbocycles. The molecule has 0 aliphatic carbocycles. The summed E-state index contributed by atoms with van der Waals surface area (Å²) in [6.07, 6.45) is 4.33. The van der Waals surface area contributed by atoms with Crippen LogP contribution in [0, 0.1) is 0 Å². The van der Waals surface area contributed by atoms with Gasteiger partial charge in [-0.25, -0.2) is 4.79 Å². The largest absolute Gasteiger partial charge is 0.427 e. The number of benzene rings is 2. The Labute approximate surface area is 143 Å². The maximum absolute atomic E-state index is 12.0. The van der Waals surface area contributed by atoms with Crippen LogP contribution in [-0.4, -0.2) is 5.97 Å². The monoisotopic (exact) mass is 318 g/mol. The second-order valence-electron chi connectivity index (χ2n) is 7.13. The maximum atomic E-state index is 12.0. The quantitative estimate of drug-likeness (QED) is 0.584. The van der Waals surface area contributed by atoms with Gasteiger partial charge in [-0.1, -0.05) is 75.4 Å². The van der Waals surface area contributed by atoms with Crippen LogP contribution in [0.1, 0.15) is 37.5 Å². The van der Waals surface area contributed by atoms with E-state index in [2.05, 4.69) is 45.0 Å². The molecular formula is C22H22O2. The van der Waals surface area contributed by atoms with Gasteiger partial charge in [-0.05, 0) is 34.3 Å². The lowest BCUT2D eigenvalue weighted by atomic mass is 9.86. The lowest BCUT2D eigenvalue weighted by Crippen LogP contribution is -2.10. The molecule has 0 atom stereocenters. The standard InChI is InChI=1S/C22H22O2/c1-22(2,3)19-11-9-17(10-12-19)14-20-15-18(21(23)24-20)13-16-7-5-4-6-8-16/h4-13,15H,14H2,1-3H3/b18-13+. The zero-order chi connectivity index (χ0) is 17.2. The van der Waals surface area contributed by atoms with E-state index in [1.165, 1.54) is 5.56 Å². The summed E-state index contributed by atoms with van der Waals surface area (Å²) in [5.41, 5.74) is 4.18. The number of allylic oxidation sites excluding steroid dienone is 1. The molecule has 2 aromatic carbocycles. The molecule has 0 amide bonds. The molecule has 0 N–H and O–H groups in total. The summed E-state index contributed by atoms with van der Waals surface area (Å²) < 4.78 is 5.40. The molecule has 24 heavy (non-hydrogen) atoms. The predicted octanol–water partition coefficient (Wildman–Crippen LogP) is 5.05. The zero-order valence-corrected chi connectivity index (χ0v) is 14.4. The first-order valence-electron chi connectivity index (χ1n) is 8.21. The zero-order valence-electron chi connectivity index (χ0n) is 14.4. The molecule has 0 aromatic heterocycles. The van der Waals surface area contributed by atoms with E-state index in [1.54, 1.807) is 0 Å². The second-order valence-corrected chi connectivity index (χ2v) is 7.13. The van der Waals surface area contributed by atoms with Crippen LogP contribution >= 0.6 is 0 Å². The van der Waals surface area contributed by atoms with E-state index in [1.807, 2.05) is 42.5 Å². The normalized spacial score (nSPS) is 16.2. The number of rotatable bonds is 3. The molecule has 0 spiro atoms. The van der Waals surface area contributed by atoms with Crippen LogP contribution in [0.15, 0.2) is 72.0 Å². The Kier molecular flexibility index (Phi) is 4.39. The number of hydrogen-bond donors (Lipinski definition) is 0. The summed E-state index contributed by atoms with van der Waals surface area (Å²) in [6.45, 7) is 6.60. The van der Waals surface area contributed by atoms with E-state index in [-0.39, 0.29) is 11.4 Å². The number of carbonyl (C=O) groups excluding carboxylic acids is 1. The molecule has 0 fully saturated rings. The summed E-state index contributed by atoms with van der Waals surface area (Å²) >= 11 is 0. The topological polar surface area (TPSA) is 26.3 Å². The highest BCUT2D eigenvalue weighted by molar-refractivity contribution is 5.99. The number of carbonyl (C=O) groups is 1. The molecule has 0 radical (unpaired) electrons. The van der Waals surface area contributed by atoms with Crippen molar-refractivity contribution in [1.29, 1.82) is 0 Å². The Morgan fingerprint density at radius 3 is 2.25 bits per heavy atom. The fourth-order valence-corrected chi connectivity index (χ4v) is 2.68. The van der Waals surface area contributed by atoms with Crippen LogP contribution in [0.25, 0.3) is 6.08 Å². The van der Waals surface area contributed by atoms with Crippen LogP contribution in [0.4, 0.5) is 0 Å². The van der Waals surface area contributed by atoms with Crippen molar-refractivity contribution in [3.63, 3.8) is 0 Å². The minimum Gasteiger partial charge on any atom is -0.427 e. The van der Waals surface area contributed by atoms with Gasteiger partial charge in [0.1, 0.15) is 5.76 Å². The van der Waals surface area contributed by atoms with Crippen molar-refractivity contribution >= 4 is 12.0 Å². The molecule has 0 unspecified atom stereocenters. The lowest BCUT2D eigenvalue weighted by Gasteiger charge is -2.19. The van der Waals surface area contributed by atoms with Crippen molar-refractivity contribution in [2.24, 2.45) is 0 Å². The van der Waals surface area contributed by atoms with E-state index in [9.17, 15) is 4.79 Å². The van der Waals surface area contributed by atoms with Crippen LogP contribution in [0.5, 0.6) is 0 Å². The van der Waals surface area contributed by atoms with Crippen LogP contribution in [-0.2, 0) is 21.4 Å². The first-order chi connectivity index (χ1) is 11.4. The first-order valence-corrected chi connectivity index (χ1v) is 8.21. The van der Waals surface area contributed by atoms with Gasteiger partial charge in [0, 0.05) is 6.42 Å². The van der Waals surface area contributed by atoms with Gasteiger partial charge in [-0.2, -0.15) is 0 Å². The number of hydrogen-bond acceptors (Lipinski definition) is 2. The van der Waals surface area contributed by atoms with Gasteiger partial charge in [0.2, 0.25) is 0 Å². The summed E-state index contributed by atoms with van der Waals surface area (Å²) in [4.78, 5) is 12.0. The minimum atomic E-state index is -0.278. The third-order valence-corrected chi connectivity index (χ3v) is 4.10. The SMILES string of the molecule is CC(C)(C)c1ccc(CC2=C/C(=C\c3ccccc3)C(=O)O2)cc1. The smallest absolute Gasteiger partial charge is 0.343 e. The molecule has 0 saturated heterocycles. The number of esters is 1. The number of cyclic esters (lactones) is 1. The van der Waals surface area contributed by atoms with Crippen molar-refractivity contribution in [2.45, 2.75) is 32.6 Å². The van der Waals surface area contributed by atoms with Gasteiger partial charge >= 0.3 is 5.97 Å². The molecule has 2 nitrogen and oxygen atoms in total. The Bertz CT molecular complexity index is 788. The Balaban J connectivity index is 1.75. The highest BCUT2D eigenvalue weighted by atomic mass is 16.5. The van der Waals surface area contributed by atoms with Crippen molar-refractivity contribution in [3.8, 4) is 0 Å². The predicted molar refractivity (Wildman–Crippen MR) is 97.4 cm³/mol. The fraction of sp³-hybridized carbons (Fsp3) is 0.227. The van der Waals surface area contributed by atoms with Gasteiger partial charge in [-0.3, -0.25) is 0 Å². The van der Waals surface area contributed by atoms with Gasteiger partial charge in [0.05, 0.1) is 5.57 Å². The second kappa shape index (κ2) is 6.48. The Hall–Kier alpha value is -2.61. The van der Waals surface area contributed by atoms with Crippen LogP contribution < -0.4 is 0 Å². The van der Waals surface area contributed by atoms with Crippen LogP contribution in [0.2, 0.25) is 0 Å². The van der Waals surface area contributed by atoms with E-state index in [0.29, 0.717) is 17.8 Å². The van der Waals surface area contributed by atoms with E-state index in [4.69, 9.17) is 4.74 Å². The Morgan fingerprint density at radius 1 is 0.958 bits per heavy atom. The van der Waals surface area contributed by atoms with Gasteiger partial charge < -0.3 is 4.74 Å². The van der Waals surface area contributed by atoms with Crippen LogP contribution in [0.3, 0.4) is 0 Å². The maximum Gasteiger partial charge on any atom is 0.343 e. The van der Waals surface area contributed by atoms with Crippen molar-refractivity contribution in [2.75, 3.05) is 0 Å². The molecule has 2 aromatic rings. The molecule has 1 heterocycles. The summed E-state index contributed by atoms with van der Waals surface area (Å²) in [5, 5.41) is 0. The van der Waals surface area contributed by atoms with Crippen molar-refractivity contribution in [1.82, 2.24) is 0 Å². The van der Waals surface area contributed by atoms with Crippen molar-refractivity contribution < 1.29 is 9.53 Å². The fourth-order valence-electron chi connectivity index (χ4n) is 2.68. The first kappa shape index (κ1) is 16.3. The van der Waals surface area contributed by atoms with Gasteiger partial charge in [0.15, 0.2) is 0 Å². The third-order valence-electron chi connectivity index (χ3n) is 4.10. The number of ether oxygens (including phenoxy) is 1. The average Bonchev–Trinajstić information content (AvgIpc) is 2.87. The van der Waals surface area contributed by atoms with Crippen molar-refractivity contribution in [3.05, 3.63) is 88.7 Å². The third kappa shape index (κ3) is 3.83. The molecule has 0 bridgehead atoms. The summed E-state index contributed by atoms with van der Waals surface area (Å²) in [7, 11) is 0. The van der Waals surface area contributed by atoms with E-state index >= 15 is 0 Å². The van der Waals surface area contributed by atoms with E-state index < -0.39 is 0 Å². The average molecular weight is 318 g/mol. The van der Waals surface area contributed by atoms with E-state index in [0.717, 1.165) is 11.1 Å². The van der Waals surface area contributed by atoms with Gasteiger partial charge in [-0.15, -0.1) is 0 Å². The summed E-state index contributed by atoms with van der Waals surface area (Å²) in [6, 6.07) is 18.3. The summed E-state index contributed by atoms with van der Waals surface area (Å²) in [5.74, 6) is 0.422. The molecule has 1 aliphatic heterocycles. The Morgan fingerprint density at radius 2 is 1.62 bits per heavy atom. The lowest BCUT2D eigenvalue weighted by molar-refractivity contribution is -0.133. The molecule has 1 aliphatic rings. The molecule has 3 rings (SSSR count). The molecule has 122 valence electrons. The molecular weight excluding hydrogens is 296 g/mol. The minimum absolute atomic E-state index is 0.142. The molecule has 2 heteroatoms. The highest BCUT2D eigenvalue weighted by Crippen LogP contribution is 2.25. The highest BCUT2D eigenvalue weighted by Gasteiger charge is 2.21. The van der Waals surface area contributed by atoms with Gasteiger partial charge in [0.25, 0.3) is 0 Å².